The van der Waals surface area contributed by atoms with Crippen LogP contribution in [0.5, 0.6) is 0 Å². The van der Waals surface area contributed by atoms with Crippen LogP contribution in [-0.4, -0.2) is 35.3 Å². The lowest BCUT2D eigenvalue weighted by molar-refractivity contribution is -0.139. The third kappa shape index (κ3) is 2.26. The zero-order valence-electron chi connectivity index (χ0n) is 12.2. The third-order valence-electron chi connectivity index (χ3n) is 5.29. The standard InChI is InChI=1S/C15H24N2O2/c1-14(2)8-11(14)9-17-7-6-12(18)16-15(3,13(17)19)10-4-5-10/h10-11H,4-9H2,1-3H3,(H,16,18). The van der Waals surface area contributed by atoms with Gasteiger partial charge in [-0.05, 0) is 43.4 Å². The van der Waals surface area contributed by atoms with Gasteiger partial charge in [0, 0.05) is 19.5 Å². The number of amides is 2. The van der Waals surface area contributed by atoms with Crippen LogP contribution in [0, 0.1) is 17.3 Å². The van der Waals surface area contributed by atoms with Gasteiger partial charge in [0.25, 0.3) is 0 Å². The molecule has 1 saturated heterocycles. The first-order valence-corrected chi connectivity index (χ1v) is 7.43. The van der Waals surface area contributed by atoms with Crippen molar-refractivity contribution in [2.45, 2.75) is 52.0 Å². The number of hydrogen-bond donors (Lipinski definition) is 1. The van der Waals surface area contributed by atoms with Gasteiger partial charge in [-0.3, -0.25) is 9.59 Å². The van der Waals surface area contributed by atoms with Crippen molar-refractivity contribution < 1.29 is 9.59 Å². The van der Waals surface area contributed by atoms with Crippen molar-refractivity contribution in [3.63, 3.8) is 0 Å². The Morgan fingerprint density at radius 3 is 2.42 bits per heavy atom. The van der Waals surface area contributed by atoms with E-state index in [9.17, 15) is 9.59 Å². The van der Waals surface area contributed by atoms with E-state index < -0.39 is 5.54 Å². The second kappa shape index (κ2) is 3.97. The molecule has 2 atom stereocenters. The zero-order valence-corrected chi connectivity index (χ0v) is 12.2. The highest BCUT2D eigenvalue weighted by molar-refractivity contribution is 5.93. The fourth-order valence-electron chi connectivity index (χ4n) is 3.34. The van der Waals surface area contributed by atoms with Gasteiger partial charge in [-0.1, -0.05) is 13.8 Å². The maximum Gasteiger partial charge on any atom is 0.248 e. The molecule has 2 saturated carbocycles. The van der Waals surface area contributed by atoms with Gasteiger partial charge in [0.15, 0.2) is 0 Å². The molecule has 0 aromatic carbocycles. The van der Waals surface area contributed by atoms with Gasteiger partial charge in [-0.15, -0.1) is 0 Å². The number of hydrogen-bond acceptors (Lipinski definition) is 2. The minimum atomic E-state index is -0.646. The van der Waals surface area contributed by atoms with Crippen LogP contribution in [-0.2, 0) is 9.59 Å². The fourth-order valence-corrected chi connectivity index (χ4v) is 3.34. The lowest BCUT2D eigenvalue weighted by atomic mass is 9.94. The van der Waals surface area contributed by atoms with Crippen molar-refractivity contribution in [1.82, 2.24) is 10.2 Å². The molecule has 3 fully saturated rings. The molecule has 1 aliphatic heterocycles. The van der Waals surface area contributed by atoms with Gasteiger partial charge >= 0.3 is 0 Å². The van der Waals surface area contributed by atoms with Crippen LogP contribution in [0.3, 0.4) is 0 Å². The monoisotopic (exact) mass is 264 g/mol. The summed E-state index contributed by atoms with van der Waals surface area (Å²) in [6.07, 6.45) is 3.76. The summed E-state index contributed by atoms with van der Waals surface area (Å²) in [7, 11) is 0. The van der Waals surface area contributed by atoms with Crippen LogP contribution in [0.4, 0.5) is 0 Å². The van der Waals surface area contributed by atoms with Gasteiger partial charge in [0.2, 0.25) is 11.8 Å². The normalized spacial score (nSPS) is 37.8. The fraction of sp³-hybridized carbons (Fsp3) is 0.867. The first-order valence-electron chi connectivity index (χ1n) is 7.43. The predicted octanol–water partition coefficient (Wildman–Crippen LogP) is 1.55. The summed E-state index contributed by atoms with van der Waals surface area (Å²) in [6.45, 7) is 7.83. The largest absolute Gasteiger partial charge is 0.342 e. The Labute approximate surface area is 114 Å². The number of carbonyl (C=O) groups excluding carboxylic acids is 2. The quantitative estimate of drug-likeness (QED) is 0.841. The van der Waals surface area contributed by atoms with E-state index in [1.165, 1.54) is 6.42 Å². The second-order valence-electron chi connectivity index (χ2n) is 7.42. The van der Waals surface area contributed by atoms with E-state index in [-0.39, 0.29) is 11.8 Å². The molecule has 0 aromatic heterocycles. The molecule has 1 N–H and O–H groups in total. The Morgan fingerprint density at radius 1 is 1.26 bits per heavy atom. The average Bonchev–Trinajstić information content (AvgIpc) is 3.19. The van der Waals surface area contributed by atoms with Crippen molar-refractivity contribution in [3.05, 3.63) is 0 Å². The Hall–Kier alpha value is -1.06. The Balaban J connectivity index is 1.76. The molecule has 0 radical (unpaired) electrons. The lowest BCUT2D eigenvalue weighted by Crippen LogP contribution is -2.57. The summed E-state index contributed by atoms with van der Waals surface area (Å²) < 4.78 is 0. The smallest absolute Gasteiger partial charge is 0.248 e. The molecule has 3 rings (SSSR count). The summed E-state index contributed by atoms with van der Waals surface area (Å²) in [6, 6.07) is 0. The van der Waals surface area contributed by atoms with E-state index >= 15 is 0 Å². The Bertz CT molecular complexity index is 428. The van der Waals surface area contributed by atoms with E-state index in [2.05, 4.69) is 19.2 Å². The van der Waals surface area contributed by atoms with Crippen LogP contribution in [0.1, 0.15) is 46.5 Å². The van der Waals surface area contributed by atoms with Crippen molar-refractivity contribution in [1.29, 1.82) is 0 Å². The van der Waals surface area contributed by atoms with E-state index in [0.29, 0.717) is 30.2 Å². The van der Waals surface area contributed by atoms with Gasteiger partial charge in [-0.2, -0.15) is 0 Å². The second-order valence-corrected chi connectivity index (χ2v) is 7.42. The Morgan fingerprint density at radius 2 is 1.89 bits per heavy atom. The molecule has 0 bridgehead atoms. The molecular formula is C15H24N2O2. The molecule has 4 nitrogen and oxygen atoms in total. The topological polar surface area (TPSA) is 49.4 Å². The molecule has 4 heteroatoms. The molecule has 2 unspecified atom stereocenters. The summed E-state index contributed by atoms with van der Waals surface area (Å²) in [4.78, 5) is 26.6. The summed E-state index contributed by atoms with van der Waals surface area (Å²) in [5, 5.41) is 2.98. The van der Waals surface area contributed by atoms with Crippen molar-refractivity contribution in [2.75, 3.05) is 13.1 Å². The third-order valence-corrected chi connectivity index (χ3v) is 5.29. The van der Waals surface area contributed by atoms with E-state index in [0.717, 1.165) is 19.4 Å². The minimum absolute atomic E-state index is 0.0281. The van der Waals surface area contributed by atoms with Gasteiger partial charge in [-0.25, -0.2) is 0 Å². The van der Waals surface area contributed by atoms with Crippen molar-refractivity contribution in [2.24, 2.45) is 17.3 Å². The maximum atomic E-state index is 12.8. The molecule has 1 heterocycles. The highest BCUT2D eigenvalue weighted by Crippen LogP contribution is 2.52. The average molecular weight is 264 g/mol. The summed E-state index contributed by atoms with van der Waals surface area (Å²) >= 11 is 0. The first kappa shape index (κ1) is 12.9. The maximum absolute atomic E-state index is 12.8. The van der Waals surface area contributed by atoms with E-state index in [1.807, 2.05) is 11.8 Å². The molecule has 0 spiro atoms. The highest BCUT2D eigenvalue weighted by Gasteiger charge is 2.53. The van der Waals surface area contributed by atoms with Crippen LogP contribution in [0.25, 0.3) is 0 Å². The molecule has 3 aliphatic rings. The predicted molar refractivity (Wildman–Crippen MR) is 72.4 cm³/mol. The van der Waals surface area contributed by atoms with Crippen LogP contribution in [0.15, 0.2) is 0 Å². The number of carbonyl (C=O) groups is 2. The first-order chi connectivity index (χ1) is 8.83. The molecule has 106 valence electrons. The minimum Gasteiger partial charge on any atom is -0.342 e. The Kier molecular flexibility index (Phi) is 2.70. The zero-order chi connectivity index (χ0) is 13.8. The number of nitrogens with zero attached hydrogens (tertiary/aromatic N) is 1. The van der Waals surface area contributed by atoms with Crippen molar-refractivity contribution in [3.8, 4) is 0 Å². The van der Waals surface area contributed by atoms with E-state index in [1.54, 1.807) is 0 Å². The molecular weight excluding hydrogens is 240 g/mol. The highest BCUT2D eigenvalue weighted by atomic mass is 16.2. The molecule has 19 heavy (non-hydrogen) atoms. The molecule has 0 aromatic rings. The number of rotatable bonds is 3. The lowest BCUT2D eigenvalue weighted by Gasteiger charge is -2.32. The van der Waals surface area contributed by atoms with E-state index in [4.69, 9.17) is 0 Å². The van der Waals surface area contributed by atoms with Gasteiger partial charge in [0.05, 0.1) is 0 Å². The molecule has 2 aliphatic carbocycles. The summed E-state index contributed by atoms with van der Waals surface area (Å²) in [5.74, 6) is 1.12. The van der Waals surface area contributed by atoms with Crippen LogP contribution in [0.2, 0.25) is 0 Å². The number of nitrogens with one attached hydrogen (secondary N) is 1. The van der Waals surface area contributed by atoms with Gasteiger partial charge in [0.1, 0.15) is 5.54 Å². The SMILES string of the molecule is CC1(C)CC1CN1CCC(=O)NC(C)(C2CC2)C1=O. The summed E-state index contributed by atoms with van der Waals surface area (Å²) in [5.41, 5.74) is -0.271. The van der Waals surface area contributed by atoms with Crippen LogP contribution >= 0.6 is 0 Å². The van der Waals surface area contributed by atoms with Crippen LogP contribution < -0.4 is 5.32 Å². The van der Waals surface area contributed by atoms with Crippen molar-refractivity contribution >= 4 is 11.8 Å². The van der Waals surface area contributed by atoms with Gasteiger partial charge < -0.3 is 10.2 Å². The molecule has 2 amide bonds.